The van der Waals surface area contributed by atoms with E-state index in [1.807, 2.05) is 66.0 Å². The Morgan fingerprint density at radius 2 is 1.70 bits per heavy atom. The van der Waals surface area contributed by atoms with Crippen LogP contribution >= 0.6 is 11.3 Å². The molecule has 1 saturated carbocycles. The normalized spacial score (nSPS) is 17.1. The maximum atomic E-state index is 13.3. The van der Waals surface area contributed by atoms with Crippen molar-refractivity contribution in [2.75, 3.05) is 0 Å². The second kappa shape index (κ2) is 7.25. The summed E-state index contributed by atoms with van der Waals surface area (Å²) in [4.78, 5) is 17.9. The van der Waals surface area contributed by atoms with Crippen molar-refractivity contribution in [2.24, 2.45) is 10.9 Å². The monoisotopic (exact) mass is 421 g/mol. The summed E-state index contributed by atoms with van der Waals surface area (Å²) in [5.74, 6) is -3.52. The number of nitrogens with zero attached hydrogens (tertiary/aromatic N) is 3. The van der Waals surface area contributed by atoms with Crippen LogP contribution in [0.1, 0.15) is 17.5 Å². The van der Waals surface area contributed by atoms with Crippen LogP contribution in [-0.4, -0.2) is 21.4 Å². The highest BCUT2D eigenvalue weighted by Gasteiger charge is 2.57. The molecule has 1 unspecified atom stereocenters. The van der Waals surface area contributed by atoms with Crippen LogP contribution in [0.5, 0.6) is 0 Å². The third-order valence-corrected chi connectivity index (χ3v) is 6.14. The van der Waals surface area contributed by atoms with Crippen molar-refractivity contribution < 1.29 is 8.78 Å². The zero-order valence-corrected chi connectivity index (χ0v) is 16.7. The number of hydrogen-bond acceptors (Lipinski definition) is 4. The summed E-state index contributed by atoms with van der Waals surface area (Å²) in [6.07, 6.45) is 1.37. The van der Waals surface area contributed by atoms with Crippen molar-refractivity contribution in [1.29, 1.82) is 0 Å². The van der Waals surface area contributed by atoms with Crippen LogP contribution in [0.4, 0.5) is 14.5 Å². The van der Waals surface area contributed by atoms with Gasteiger partial charge in [0.2, 0.25) is 0 Å². The molecule has 0 N–H and O–H groups in total. The molecule has 0 spiro atoms. The molecule has 0 saturated heterocycles. The molecule has 30 heavy (non-hydrogen) atoms. The fraction of sp³-hybridized carbons (Fsp3) is 0.174. The fourth-order valence-electron chi connectivity index (χ4n) is 3.47. The molecule has 0 radical (unpaired) electrons. The standard InChI is InChI=1S/C23H17F2N3OS/c24-23(25)11-17(23)13-28-22(29)20-18(14-30-19(20)12-26-28)27-21(15-7-3-1-4-8-15)16-9-5-2-6-10-16/h1-10,12,14,17H,11,13H2. The second-order valence-corrected chi connectivity index (χ2v) is 8.26. The highest BCUT2D eigenvalue weighted by molar-refractivity contribution is 7.17. The SMILES string of the molecule is O=c1c2c(N=C(c3ccccc3)c3ccccc3)csc2cnn1CC1CC1(F)F. The molecule has 150 valence electrons. The highest BCUT2D eigenvalue weighted by atomic mass is 32.1. The predicted molar refractivity (Wildman–Crippen MR) is 115 cm³/mol. The molecular formula is C23H17F2N3OS. The molecule has 0 aliphatic heterocycles. The van der Waals surface area contributed by atoms with Gasteiger partial charge in [0.05, 0.1) is 34.2 Å². The number of rotatable bonds is 5. The maximum Gasteiger partial charge on any atom is 0.277 e. The number of aromatic nitrogens is 2. The Balaban J connectivity index is 1.64. The Kier molecular flexibility index (Phi) is 4.55. The van der Waals surface area contributed by atoms with Gasteiger partial charge in [-0.1, -0.05) is 60.7 Å². The van der Waals surface area contributed by atoms with Crippen LogP contribution in [0.2, 0.25) is 0 Å². The van der Waals surface area contributed by atoms with Gasteiger partial charge in [-0.05, 0) is 0 Å². The van der Waals surface area contributed by atoms with Gasteiger partial charge in [-0.25, -0.2) is 18.5 Å². The van der Waals surface area contributed by atoms with Gasteiger partial charge in [0.1, 0.15) is 0 Å². The Hall–Kier alpha value is -3.19. The van der Waals surface area contributed by atoms with Gasteiger partial charge in [-0.3, -0.25) is 4.79 Å². The lowest BCUT2D eigenvalue weighted by atomic mass is 10.0. The van der Waals surface area contributed by atoms with Crippen LogP contribution < -0.4 is 5.56 Å². The third kappa shape index (κ3) is 3.45. The highest BCUT2D eigenvalue weighted by Crippen LogP contribution is 2.49. The summed E-state index contributed by atoms with van der Waals surface area (Å²) in [6, 6.07) is 19.5. The first-order chi connectivity index (χ1) is 14.5. The average molecular weight is 421 g/mol. The van der Waals surface area contributed by atoms with E-state index in [1.165, 1.54) is 11.3 Å². The molecule has 1 aliphatic carbocycles. The molecule has 2 aromatic heterocycles. The maximum absolute atomic E-state index is 13.3. The summed E-state index contributed by atoms with van der Waals surface area (Å²) in [5.41, 5.74) is 2.74. The molecule has 1 aliphatic rings. The number of alkyl halides is 2. The summed E-state index contributed by atoms with van der Waals surface area (Å²) in [5, 5.41) is 6.33. The molecule has 0 bridgehead atoms. The lowest BCUT2D eigenvalue weighted by Crippen LogP contribution is -2.24. The van der Waals surface area contributed by atoms with Gasteiger partial charge in [-0.2, -0.15) is 5.10 Å². The lowest BCUT2D eigenvalue weighted by molar-refractivity contribution is 0.0939. The molecule has 5 rings (SSSR count). The van der Waals surface area contributed by atoms with E-state index in [4.69, 9.17) is 4.99 Å². The molecular weight excluding hydrogens is 404 g/mol. The van der Waals surface area contributed by atoms with Crippen molar-refractivity contribution in [3.63, 3.8) is 0 Å². The van der Waals surface area contributed by atoms with E-state index >= 15 is 0 Å². The Labute approximate surface area is 175 Å². The molecule has 7 heteroatoms. The quantitative estimate of drug-likeness (QED) is 0.412. The second-order valence-electron chi connectivity index (χ2n) is 7.35. The first-order valence-electron chi connectivity index (χ1n) is 9.57. The number of aliphatic imine (C=N–C) groups is 1. The predicted octanol–water partition coefficient (Wildman–Crippen LogP) is 5.28. The van der Waals surface area contributed by atoms with Gasteiger partial charge in [0, 0.05) is 28.8 Å². The summed E-state index contributed by atoms with van der Waals surface area (Å²) >= 11 is 1.37. The van der Waals surface area contributed by atoms with Crippen LogP contribution in [0.3, 0.4) is 0 Å². The smallest absolute Gasteiger partial charge is 0.267 e. The third-order valence-electron chi connectivity index (χ3n) is 5.24. The zero-order chi connectivity index (χ0) is 20.7. The van der Waals surface area contributed by atoms with Crippen molar-refractivity contribution in [3.05, 3.63) is 93.7 Å². The molecule has 1 fully saturated rings. The van der Waals surface area contributed by atoms with Crippen molar-refractivity contribution in [2.45, 2.75) is 18.9 Å². The lowest BCUT2D eigenvalue weighted by Gasteiger charge is -2.08. The van der Waals surface area contributed by atoms with Gasteiger partial charge >= 0.3 is 0 Å². The van der Waals surface area contributed by atoms with E-state index in [0.29, 0.717) is 15.8 Å². The topological polar surface area (TPSA) is 47.2 Å². The number of benzene rings is 2. The largest absolute Gasteiger partial charge is 0.277 e. The average Bonchev–Trinajstić information content (AvgIpc) is 3.17. The van der Waals surface area contributed by atoms with Crippen molar-refractivity contribution >= 4 is 32.8 Å². The number of halogens is 2. The van der Waals surface area contributed by atoms with Crippen LogP contribution in [0.15, 0.2) is 82.0 Å². The summed E-state index contributed by atoms with van der Waals surface area (Å²) < 4.78 is 28.5. The Morgan fingerprint density at radius 1 is 1.10 bits per heavy atom. The summed E-state index contributed by atoms with van der Waals surface area (Å²) in [6.45, 7) is -0.0784. The Morgan fingerprint density at radius 3 is 2.27 bits per heavy atom. The van der Waals surface area contributed by atoms with Crippen molar-refractivity contribution in [1.82, 2.24) is 9.78 Å². The van der Waals surface area contributed by atoms with Gasteiger partial charge in [0.25, 0.3) is 11.5 Å². The first kappa shape index (κ1) is 18.8. The number of thiophene rings is 1. The van der Waals surface area contributed by atoms with Crippen molar-refractivity contribution in [3.8, 4) is 0 Å². The number of hydrogen-bond donors (Lipinski definition) is 0. The van der Waals surface area contributed by atoms with Crippen LogP contribution in [0.25, 0.3) is 10.1 Å². The van der Waals surface area contributed by atoms with Gasteiger partial charge < -0.3 is 0 Å². The molecule has 0 amide bonds. The molecule has 4 nitrogen and oxygen atoms in total. The zero-order valence-electron chi connectivity index (χ0n) is 15.8. The van der Waals surface area contributed by atoms with Gasteiger partial charge in [-0.15, -0.1) is 11.3 Å². The Bertz CT molecular complexity index is 1260. The van der Waals surface area contributed by atoms with E-state index in [1.54, 1.807) is 6.20 Å². The molecule has 2 aromatic carbocycles. The minimum Gasteiger partial charge on any atom is -0.267 e. The van der Waals surface area contributed by atoms with Crippen LogP contribution in [0, 0.1) is 5.92 Å². The summed E-state index contributed by atoms with van der Waals surface area (Å²) in [7, 11) is 0. The fourth-order valence-corrected chi connectivity index (χ4v) is 4.30. The first-order valence-corrected chi connectivity index (χ1v) is 10.5. The number of fused-ring (bicyclic) bond motifs is 1. The van der Waals surface area contributed by atoms with E-state index in [9.17, 15) is 13.6 Å². The van der Waals surface area contributed by atoms with E-state index < -0.39 is 11.8 Å². The van der Waals surface area contributed by atoms with E-state index in [0.717, 1.165) is 21.5 Å². The van der Waals surface area contributed by atoms with E-state index in [-0.39, 0.29) is 18.5 Å². The van der Waals surface area contributed by atoms with E-state index in [2.05, 4.69) is 5.10 Å². The van der Waals surface area contributed by atoms with Crippen LogP contribution in [-0.2, 0) is 6.54 Å². The van der Waals surface area contributed by atoms with Gasteiger partial charge in [0.15, 0.2) is 0 Å². The minimum atomic E-state index is -2.69. The molecule has 2 heterocycles. The minimum absolute atomic E-state index is 0.0784. The molecule has 4 aromatic rings. The molecule has 1 atom stereocenters.